The number of esters is 2. The quantitative estimate of drug-likeness (QED) is 0.858. The number of halogens is 1. The standard InChI is InChI=1S/C17H22ClNO4/c1-17(2,3)23-15(20)12-9-13(16(21)22-4)19-14(12)10-6-5-7-11(18)8-10/h5-8,12-14,19H,9H2,1-4H3/t12-,13-,14-/m0/s1. The van der Waals surface area contributed by atoms with Crippen LogP contribution in [0.4, 0.5) is 0 Å². The highest BCUT2D eigenvalue weighted by molar-refractivity contribution is 6.30. The fraction of sp³-hybridized carbons (Fsp3) is 0.529. The van der Waals surface area contributed by atoms with Gasteiger partial charge in [-0.25, -0.2) is 0 Å². The SMILES string of the molecule is COC(=O)[C@@H]1C[C@H](C(=O)OC(C)(C)C)[C@H](c2cccc(Cl)c2)N1. The molecule has 1 N–H and O–H groups in total. The van der Waals surface area contributed by atoms with Crippen molar-refractivity contribution in [3.63, 3.8) is 0 Å². The molecule has 0 saturated carbocycles. The molecule has 0 bridgehead atoms. The summed E-state index contributed by atoms with van der Waals surface area (Å²) in [6, 6.07) is 6.36. The number of hydrogen-bond donors (Lipinski definition) is 1. The third kappa shape index (κ3) is 4.45. The molecular formula is C17H22ClNO4. The van der Waals surface area contributed by atoms with Crippen LogP contribution in [0.25, 0.3) is 0 Å². The number of carbonyl (C=O) groups excluding carboxylic acids is 2. The van der Waals surface area contributed by atoms with Gasteiger partial charge in [0.2, 0.25) is 0 Å². The molecule has 23 heavy (non-hydrogen) atoms. The van der Waals surface area contributed by atoms with Crippen molar-refractivity contribution in [3.8, 4) is 0 Å². The van der Waals surface area contributed by atoms with Gasteiger partial charge in [0.25, 0.3) is 0 Å². The highest BCUT2D eigenvalue weighted by Gasteiger charge is 2.44. The summed E-state index contributed by atoms with van der Waals surface area (Å²) in [4.78, 5) is 24.4. The molecule has 1 aliphatic heterocycles. The van der Waals surface area contributed by atoms with Crippen LogP contribution in [0.1, 0.15) is 38.8 Å². The number of nitrogens with one attached hydrogen (secondary N) is 1. The Labute approximate surface area is 141 Å². The summed E-state index contributed by atoms with van der Waals surface area (Å²) < 4.78 is 10.3. The van der Waals surface area contributed by atoms with Gasteiger partial charge in [-0.1, -0.05) is 23.7 Å². The Morgan fingerprint density at radius 3 is 2.52 bits per heavy atom. The largest absolute Gasteiger partial charge is 0.468 e. The van der Waals surface area contributed by atoms with Crippen molar-refractivity contribution in [2.75, 3.05) is 7.11 Å². The molecule has 0 unspecified atom stereocenters. The zero-order valence-electron chi connectivity index (χ0n) is 13.8. The van der Waals surface area contributed by atoms with Gasteiger partial charge in [-0.15, -0.1) is 0 Å². The molecule has 0 aromatic heterocycles. The normalized spacial score (nSPS) is 24.3. The van der Waals surface area contributed by atoms with E-state index >= 15 is 0 Å². The summed E-state index contributed by atoms with van der Waals surface area (Å²) in [6.45, 7) is 5.46. The highest BCUT2D eigenvalue weighted by Crippen LogP contribution is 2.35. The highest BCUT2D eigenvalue weighted by atomic mass is 35.5. The summed E-state index contributed by atoms with van der Waals surface area (Å²) >= 11 is 6.05. The van der Waals surface area contributed by atoms with Crippen LogP contribution in [-0.2, 0) is 19.1 Å². The minimum Gasteiger partial charge on any atom is -0.468 e. The minimum atomic E-state index is -0.584. The number of carbonyl (C=O) groups is 2. The van der Waals surface area contributed by atoms with Crippen molar-refractivity contribution in [1.29, 1.82) is 0 Å². The van der Waals surface area contributed by atoms with Crippen molar-refractivity contribution in [2.24, 2.45) is 5.92 Å². The summed E-state index contributed by atoms with van der Waals surface area (Å²) in [5.74, 6) is -1.19. The number of ether oxygens (including phenoxy) is 2. The second kappa shape index (κ2) is 6.89. The van der Waals surface area contributed by atoms with E-state index in [4.69, 9.17) is 21.1 Å². The number of rotatable bonds is 3. The molecule has 1 aromatic carbocycles. The Kier molecular flexibility index (Phi) is 5.32. The van der Waals surface area contributed by atoms with E-state index < -0.39 is 17.6 Å². The Morgan fingerprint density at radius 2 is 1.96 bits per heavy atom. The molecule has 126 valence electrons. The summed E-state index contributed by atoms with van der Waals surface area (Å²) in [7, 11) is 1.33. The van der Waals surface area contributed by atoms with Crippen LogP contribution in [-0.4, -0.2) is 30.7 Å². The van der Waals surface area contributed by atoms with Gasteiger partial charge in [-0.3, -0.25) is 14.9 Å². The van der Waals surface area contributed by atoms with E-state index in [1.165, 1.54) is 7.11 Å². The first-order valence-electron chi connectivity index (χ1n) is 7.53. The molecule has 1 aromatic rings. The van der Waals surface area contributed by atoms with Gasteiger partial charge in [0.1, 0.15) is 11.6 Å². The van der Waals surface area contributed by atoms with E-state index in [2.05, 4.69) is 5.32 Å². The molecule has 1 aliphatic rings. The first-order valence-corrected chi connectivity index (χ1v) is 7.91. The van der Waals surface area contributed by atoms with Crippen molar-refractivity contribution < 1.29 is 19.1 Å². The Bertz CT molecular complexity index is 597. The molecule has 0 radical (unpaired) electrons. The van der Waals surface area contributed by atoms with Crippen LogP contribution in [0.2, 0.25) is 5.02 Å². The van der Waals surface area contributed by atoms with Gasteiger partial charge in [0.05, 0.1) is 13.0 Å². The van der Waals surface area contributed by atoms with Crippen LogP contribution in [0.15, 0.2) is 24.3 Å². The van der Waals surface area contributed by atoms with Gasteiger partial charge in [-0.2, -0.15) is 0 Å². The van der Waals surface area contributed by atoms with E-state index in [1.807, 2.05) is 32.9 Å². The Balaban J connectivity index is 2.28. The molecule has 0 aliphatic carbocycles. The predicted octanol–water partition coefficient (Wildman–Crippen LogP) is 2.87. The van der Waals surface area contributed by atoms with Gasteiger partial charge >= 0.3 is 11.9 Å². The fourth-order valence-corrected chi connectivity index (χ4v) is 2.93. The van der Waals surface area contributed by atoms with E-state index in [0.29, 0.717) is 11.4 Å². The second-order valence-electron chi connectivity index (χ2n) is 6.65. The maximum absolute atomic E-state index is 12.5. The van der Waals surface area contributed by atoms with Crippen molar-refractivity contribution in [2.45, 2.75) is 44.9 Å². The number of methoxy groups -OCH3 is 1. The first-order chi connectivity index (χ1) is 10.7. The van der Waals surface area contributed by atoms with Crippen molar-refractivity contribution in [1.82, 2.24) is 5.32 Å². The van der Waals surface area contributed by atoms with Crippen molar-refractivity contribution >= 4 is 23.5 Å². The van der Waals surface area contributed by atoms with Crippen LogP contribution in [0, 0.1) is 5.92 Å². The third-order valence-electron chi connectivity index (χ3n) is 3.68. The average molecular weight is 340 g/mol. The van der Waals surface area contributed by atoms with E-state index in [1.54, 1.807) is 12.1 Å². The van der Waals surface area contributed by atoms with Crippen molar-refractivity contribution in [3.05, 3.63) is 34.9 Å². The Hall–Kier alpha value is -1.59. The van der Waals surface area contributed by atoms with Gasteiger partial charge in [0.15, 0.2) is 0 Å². The van der Waals surface area contributed by atoms with E-state index in [-0.39, 0.29) is 18.0 Å². The van der Waals surface area contributed by atoms with E-state index in [9.17, 15) is 9.59 Å². The van der Waals surface area contributed by atoms with Crippen LogP contribution in [0.3, 0.4) is 0 Å². The monoisotopic (exact) mass is 339 g/mol. The zero-order valence-corrected chi connectivity index (χ0v) is 14.5. The van der Waals surface area contributed by atoms with Crippen LogP contribution < -0.4 is 5.32 Å². The zero-order chi connectivity index (χ0) is 17.2. The molecule has 1 saturated heterocycles. The predicted molar refractivity (Wildman–Crippen MR) is 87.1 cm³/mol. The molecule has 3 atom stereocenters. The van der Waals surface area contributed by atoms with Gasteiger partial charge in [0, 0.05) is 11.1 Å². The lowest BCUT2D eigenvalue weighted by molar-refractivity contribution is -0.160. The molecule has 1 fully saturated rings. The lowest BCUT2D eigenvalue weighted by Gasteiger charge is -2.25. The molecule has 5 nitrogen and oxygen atoms in total. The average Bonchev–Trinajstić information content (AvgIpc) is 2.90. The summed E-state index contributed by atoms with van der Waals surface area (Å²) in [5, 5.41) is 3.75. The lowest BCUT2D eigenvalue weighted by Crippen LogP contribution is -2.33. The number of benzene rings is 1. The summed E-state index contributed by atoms with van der Waals surface area (Å²) in [5.41, 5.74) is 0.263. The maximum Gasteiger partial charge on any atom is 0.322 e. The van der Waals surface area contributed by atoms with Gasteiger partial charge < -0.3 is 9.47 Å². The topological polar surface area (TPSA) is 64.6 Å². The fourth-order valence-electron chi connectivity index (χ4n) is 2.74. The first kappa shape index (κ1) is 17.8. The molecular weight excluding hydrogens is 318 g/mol. The summed E-state index contributed by atoms with van der Waals surface area (Å²) in [6.07, 6.45) is 0.332. The molecule has 1 heterocycles. The van der Waals surface area contributed by atoms with E-state index in [0.717, 1.165) is 5.56 Å². The molecule has 0 spiro atoms. The maximum atomic E-state index is 12.5. The smallest absolute Gasteiger partial charge is 0.322 e. The molecule has 6 heteroatoms. The van der Waals surface area contributed by atoms with Gasteiger partial charge in [-0.05, 0) is 44.9 Å². The third-order valence-corrected chi connectivity index (χ3v) is 3.91. The molecule has 0 amide bonds. The van der Waals surface area contributed by atoms with Crippen LogP contribution in [0.5, 0.6) is 0 Å². The second-order valence-corrected chi connectivity index (χ2v) is 7.09. The minimum absolute atomic E-state index is 0.332. The molecule has 2 rings (SSSR count). The Morgan fingerprint density at radius 1 is 1.26 bits per heavy atom. The van der Waals surface area contributed by atoms with Crippen LogP contribution >= 0.6 is 11.6 Å². The number of hydrogen-bond acceptors (Lipinski definition) is 5. The lowest BCUT2D eigenvalue weighted by atomic mass is 9.93.